The monoisotopic (exact) mass is 455 g/mol. The Balaban J connectivity index is 1.64. The molecule has 0 heterocycles. The standard InChI is InChI=1S/C23H19Cl2N3O3/c1-15(29)27-19-7-4-6-17(12-19)23(30)28-26-13-18-5-2-3-8-22(18)31-14-16-9-10-20(24)21(25)11-16/h2-13H,14H2,1H3,(H,27,29)(H,28,30). The van der Waals surface area contributed by atoms with Gasteiger partial charge in [0.15, 0.2) is 0 Å². The van der Waals surface area contributed by atoms with Gasteiger partial charge in [-0.15, -0.1) is 0 Å². The molecule has 6 nitrogen and oxygen atoms in total. The van der Waals surface area contributed by atoms with Crippen LogP contribution in [0.1, 0.15) is 28.4 Å². The Morgan fingerprint density at radius 3 is 2.58 bits per heavy atom. The van der Waals surface area contributed by atoms with E-state index in [-0.39, 0.29) is 5.91 Å². The van der Waals surface area contributed by atoms with E-state index >= 15 is 0 Å². The Morgan fingerprint density at radius 1 is 1.00 bits per heavy atom. The molecule has 0 atom stereocenters. The van der Waals surface area contributed by atoms with Crippen LogP contribution in [0.2, 0.25) is 10.0 Å². The molecular formula is C23H19Cl2N3O3. The van der Waals surface area contributed by atoms with Crippen molar-refractivity contribution in [3.63, 3.8) is 0 Å². The van der Waals surface area contributed by atoms with Gasteiger partial charge in [-0.1, -0.05) is 47.5 Å². The van der Waals surface area contributed by atoms with Crippen molar-refractivity contribution in [2.45, 2.75) is 13.5 Å². The minimum absolute atomic E-state index is 0.215. The van der Waals surface area contributed by atoms with Gasteiger partial charge in [0.2, 0.25) is 5.91 Å². The number of hydrogen-bond acceptors (Lipinski definition) is 4. The van der Waals surface area contributed by atoms with Gasteiger partial charge in [-0.25, -0.2) is 5.43 Å². The smallest absolute Gasteiger partial charge is 0.271 e. The molecule has 0 bridgehead atoms. The van der Waals surface area contributed by atoms with Crippen LogP contribution >= 0.6 is 23.2 Å². The second-order valence-corrected chi connectivity index (χ2v) is 7.35. The number of anilines is 1. The third-order valence-electron chi connectivity index (χ3n) is 4.11. The minimum Gasteiger partial charge on any atom is -0.488 e. The zero-order chi connectivity index (χ0) is 22.2. The van der Waals surface area contributed by atoms with Gasteiger partial charge >= 0.3 is 0 Å². The van der Waals surface area contributed by atoms with Crippen molar-refractivity contribution >= 4 is 46.9 Å². The number of para-hydroxylation sites is 1. The highest BCUT2D eigenvalue weighted by Gasteiger charge is 2.07. The number of nitrogens with one attached hydrogen (secondary N) is 2. The first kappa shape index (κ1) is 22.3. The first-order valence-electron chi connectivity index (χ1n) is 9.29. The predicted molar refractivity (Wildman–Crippen MR) is 123 cm³/mol. The fourth-order valence-corrected chi connectivity index (χ4v) is 3.00. The number of hydrazone groups is 1. The summed E-state index contributed by atoms with van der Waals surface area (Å²) in [5, 5.41) is 7.60. The van der Waals surface area contributed by atoms with Gasteiger partial charge in [-0.3, -0.25) is 9.59 Å². The van der Waals surface area contributed by atoms with Crippen LogP contribution in [0.3, 0.4) is 0 Å². The van der Waals surface area contributed by atoms with Crippen molar-refractivity contribution < 1.29 is 14.3 Å². The molecule has 0 aliphatic rings. The maximum absolute atomic E-state index is 12.3. The van der Waals surface area contributed by atoms with Gasteiger partial charge in [-0.2, -0.15) is 5.10 Å². The summed E-state index contributed by atoms with van der Waals surface area (Å²) >= 11 is 12.0. The maximum atomic E-state index is 12.3. The SMILES string of the molecule is CC(=O)Nc1cccc(C(=O)NN=Cc2ccccc2OCc2ccc(Cl)c(Cl)c2)c1. The van der Waals surface area contributed by atoms with E-state index in [2.05, 4.69) is 15.8 Å². The lowest BCUT2D eigenvalue weighted by molar-refractivity contribution is -0.114. The third kappa shape index (κ3) is 6.57. The van der Waals surface area contributed by atoms with E-state index < -0.39 is 5.91 Å². The first-order chi connectivity index (χ1) is 14.9. The van der Waals surface area contributed by atoms with Crippen LogP contribution in [0.25, 0.3) is 0 Å². The highest BCUT2D eigenvalue weighted by atomic mass is 35.5. The Bertz CT molecular complexity index is 1130. The molecule has 0 fully saturated rings. The zero-order valence-electron chi connectivity index (χ0n) is 16.6. The van der Waals surface area contributed by atoms with E-state index in [0.717, 1.165) is 5.56 Å². The van der Waals surface area contributed by atoms with Gasteiger partial charge in [-0.05, 0) is 48.0 Å². The van der Waals surface area contributed by atoms with Crippen LogP contribution in [0, 0.1) is 0 Å². The number of hydrogen-bond donors (Lipinski definition) is 2. The maximum Gasteiger partial charge on any atom is 0.271 e. The lowest BCUT2D eigenvalue weighted by Crippen LogP contribution is -2.18. The van der Waals surface area contributed by atoms with E-state index in [1.165, 1.54) is 13.1 Å². The van der Waals surface area contributed by atoms with Crippen LogP contribution < -0.4 is 15.5 Å². The number of amides is 2. The van der Waals surface area contributed by atoms with Gasteiger partial charge in [0.05, 0.1) is 16.3 Å². The number of halogens is 2. The summed E-state index contributed by atoms with van der Waals surface area (Å²) < 4.78 is 5.87. The quantitative estimate of drug-likeness (QED) is 0.374. The van der Waals surface area contributed by atoms with E-state index in [1.54, 1.807) is 42.5 Å². The topological polar surface area (TPSA) is 79.8 Å². The Kier molecular flexibility index (Phi) is 7.65. The summed E-state index contributed by atoms with van der Waals surface area (Å²) in [6, 6.07) is 19.2. The van der Waals surface area contributed by atoms with Crippen LogP contribution in [0.5, 0.6) is 5.75 Å². The Morgan fingerprint density at radius 2 is 1.81 bits per heavy atom. The van der Waals surface area contributed by atoms with Crippen LogP contribution in [-0.2, 0) is 11.4 Å². The number of ether oxygens (including phenoxy) is 1. The highest BCUT2D eigenvalue weighted by Crippen LogP contribution is 2.24. The largest absolute Gasteiger partial charge is 0.488 e. The van der Waals surface area contributed by atoms with E-state index in [9.17, 15) is 9.59 Å². The van der Waals surface area contributed by atoms with Crippen molar-refractivity contribution in [2.75, 3.05) is 5.32 Å². The minimum atomic E-state index is -0.405. The summed E-state index contributed by atoms with van der Waals surface area (Å²) in [7, 11) is 0. The number of nitrogens with zero attached hydrogens (tertiary/aromatic N) is 1. The van der Waals surface area contributed by atoms with Gasteiger partial charge in [0.25, 0.3) is 5.91 Å². The van der Waals surface area contributed by atoms with Gasteiger partial charge in [0, 0.05) is 23.7 Å². The molecule has 8 heteroatoms. The van der Waals surface area contributed by atoms with Crippen molar-refractivity contribution in [1.82, 2.24) is 5.43 Å². The number of carbonyl (C=O) groups excluding carboxylic acids is 2. The molecule has 3 aromatic rings. The van der Waals surface area contributed by atoms with Crippen molar-refractivity contribution in [2.24, 2.45) is 5.10 Å². The fraction of sp³-hybridized carbons (Fsp3) is 0.0870. The molecule has 0 unspecified atom stereocenters. The van der Waals surface area contributed by atoms with Crippen LogP contribution in [0.4, 0.5) is 5.69 Å². The molecule has 0 saturated heterocycles. The van der Waals surface area contributed by atoms with E-state index in [4.69, 9.17) is 27.9 Å². The highest BCUT2D eigenvalue weighted by molar-refractivity contribution is 6.42. The molecule has 158 valence electrons. The predicted octanol–water partition coefficient (Wildman–Crippen LogP) is 5.29. The molecular weight excluding hydrogens is 437 g/mol. The van der Waals surface area contributed by atoms with Gasteiger partial charge < -0.3 is 10.1 Å². The molecule has 0 aromatic heterocycles. The lowest BCUT2D eigenvalue weighted by Gasteiger charge is -2.09. The Labute approximate surface area is 189 Å². The molecule has 0 saturated carbocycles. The molecule has 31 heavy (non-hydrogen) atoms. The third-order valence-corrected chi connectivity index (χ3v) is 4.85. The molecule has 3 aromatic carbocycles. The summed E-state index contributed by atoms with van der Waals surface area (Å²) in [6.45, 7) is 1.70. The first-order valence-corrected chi connectivity index (χ1v) is 10.0. The Hall–Kier alpha value is -3.35. The van der Waals surface area contributed by atoms with Crippen LogP contribution in [-0.4, -0.2) is 18.0 Å². The van der Waals surface area contributed by atoms with Crippen molar-refractivity contribution in [3.8, 4) is 5.75 Å². The number of carbonyl (C=O) groups is 2. The van der Waals surface area contributed by atoms with E-state index in [0.29, 0.717) is 39.2 Å². The zero-order valence-corrected chi connectivity index (χ0v) is 18.1. The summed E-state index contributed by atoms with van der Waals surface area (Å²) in [5.74, 6) is -0.0232. The fourth-order valence-electron chi connectivity index (χ4n) is 2.68. The van der Waals surface area contributed by atoms with Crippen LogP contribution in [0.15, 0.2) is 71.8 Å². The lowest BCUT2D eigenvalue weighted by atomic mass is 10.2. The average molecular weight is 456 g/mol. The normalized spacial score (nSPS) is 10.7. The van der Waals surface area contributed by atoms with Gasteiger partial charge in [0.1, 0.15) is 12.4 Å². The second kappa shape index (κ2) is 10.6. The molecule has 0 radical (unpaired) electrons. The van der Waals surface area contributed by atoms with Crippen molar-refractivity contribution in [3.05, 3.63) is 93.5 Å². The van der Waals surface area contributed by atoms with Crippen molar-refractivity contribution in [1.29, 1.82) is 0 Å². The molecule has 0 spiro atoms. The van der Waals surface area contributed by atoms with E-state index in [1.807, 2.05) is 24.3 Å². The number of benzene rings is 3. The summed E-state index contributed by atoms with van der Waals surface area (Å²) in [6.07, 6.45) is 1.50. The average Bonchev–Trinajstić information content (AvgIpc) is 2.75. The number of rotatable bonds is 7. The molecule has 2 amide bonds. The molecule has 0 aliphatic carbocycles. The molecule has 3 rings (SSSR count). The summed E-state index contributed by atoms with van der Waals surface area (Å²) in [4.78, 5) is 23.5. The molecule has 0 aliphatic heterocycles. The summed E-state index contributed by atoms with van der Waals surface area (Å²) in [5.41, 5.74) is 4.93. The second-order valence-electron chi connectivity index (χ2n) is 6.54. The molecule has 2 N–H and O–H groups in total.